The third kappa shape index (κ3) is 6.44. The molecule has 1 atom stereocenters. The Hall–Kier alpha value is -2.26. The molecule has 1 unspecified atom stereocenters. The molecule has 1 amide bonds. The van der Waals surface area contributed by atoms with Gasteiger partial charge in [0.05, 0.1) is 35.0 Å². The molecule has 0 radical (unpaired) electrons. The van der Waals surface area contributed by atoms with Crippen molar-refractivity contribution in [1.82, 2.24) is 14.8 Å². The molecule has 1 aliphatic rings. The molecular weight excluding hydrogens is 493 g/mol. The number of ether oxygens (including phenoxy) is 1. The Kier molecular flexibility index (Phi) is 8.37. The Labute approximate surface area is 213 Å². The van der Waals surface area contributed by atoms with Crippen molar-refractivity contribution in [2.24, 2.45) is 0 Å². The van der Waals surface area contributed by atoms with Gasteiger partial charge in [-0.05, 0) is 56.5 Å². The van der Waals surface area contributed by atoms with E-state index in [1.165, 1.54) is 22.9 Å². The van der Waals surface area contributed by atoms with Crippen LogP contribution in [0.3, 0.4) is 0 Å². The quantitative estimate of drug-likeness (QED) is 0.351. The number of aryl methyl sites for hydroxylation is 2. The number of carbonyl (C=O) groups is 1. The molecule has 7 nitrogen and oxygen atoms in total. The first kappa shape index (κ1) is 24.9. The van der Waals surface area contributed by atoms with Crippen molar-refractivity contribution in [3.05, 3.63) is 63.4 Å². The van der Waals surface area contributed by atoms with Gasteiger partial charge in [0, 0.05) is 18.0 Å². The molecule has 1 aliphatic heterocycles. The molecule has 2 aromatic carbocycles. The van der Waals surface area contributed by atoms with Gasteiger partial charge in [0.25, 0.3) is 0 Å². The minimum atomic E-state index is -0.162. The van der Waals surface area contributed by atoms with Gasteiger partial charge < -0.3 is 19.9 Å². The number of rotatable bonds is 9. The van der Waals surface area contributed by atoms with Crippen molar-refractivity contribution in [2.75, 3.05) is 23.0 Å². The van der Waals surface area contributed by atoms with Gasteiger partial charge in [-0.15, -0.1) is 10.2 Å². The van der Waals surface area contributed by atoms with E-state index in [1.807, 2.05) is 0 Å². The van der Waals surface area contributed by atoms with Gasteiger partial charge >= 0.3 is 0 Å². The second-order valence-electron chi connectivity index (χ2n) is 8.28. The number of anilines is 2. The molecule has 0 saturated carbocycles. The van der Waals surface area contributed by atoms with Crippen molar-refractivity contribution in [3.63, 3.8) is 0 Å². The van der Waals surface area contributed by atoms with Crippen LogP contribution >= 0.6 is 35.0 Å². The molecule has 34 heavy (non-hydrogen) atoms. The van der Waals surface area contributed by atoms with Crippen molar-refractivity contribution >= 4 is 52.2 Å². The maximum absolute atomic E-state index is 12.5. The molecule has 1 fully saturated rings. The molecule has 0 spiro atoms. The van der Waals surface area contributed by atoms with E-state index in [9.17, 15) is 4.79 Å². The summed E-state index contributed by atoms with van der Waals surface area (Å²) < 4.78 is 7.91. The second-order valence-corrected chi connectivity index (χ2v) is 10.0. The third-order valence-corrected chi connectivity index (χ3v) is 7.26. The second kappa shape index (κ2) is 11.4. The Bertz CT molecular complexity index is 1160. The summed E-state index contributed by atoms with van der Waals surface area (Å²) in [5, 5.41) is 16.6. The van der Waals surface area contributed by atoms with E-state index in [2.05, 4.69) is 57.4 Å². The minimum absolute atomic E-state index is 0.125. The van der Waals surface area contributed by atoms with Crippen molar-refractivity contribution < 1.29 is 9.53 Å². The molecule has 180 valence electrons. The largest absolute Gasteiger partial charge is 0.378 e. The lowest BCUT2D eigenvalue weighted by Crippen LogP contribution is -2.20. The van der Waals surface area contributed by atoms with E-state index in [4.69, 9.17) is 27.9 Å². The molecule has 0 bridgehead atoms. The van der Waals surface area contributed by atoms with Gasteiger partial charge in [-0.3, -0.25) is 4.79 Å². The van der Waals surface area contributed by atoms with Crippen LogP contribution in [0.4, 0.5) is 11.4 Å². The lowest BCUT2D eigenvalue weighted by molar-refractivity contribution is -0.113. The molecule has 0 aliphatic carbocycles. The van der Waals surface area contributed by atoms with Gasteiger partial charge in [0.15, 0.2) is 11.0 Å². The van der Waals surface area contributed by atoms with Gasteiger partial charge in [0.1, 0.15) is 0 Å². The van der Waals surface area contributed by atoms with Crippen molar-refractivity contribution in [3.8, 4) is 0 Å². The van der Waals surface area contributed by atoms with E-state index in [0.29, 0.717) is 34.0 Å². The van der Waals surface area contributed by atoms with Crippen molar-refractivity contribution in [2.45, 2.75) is 51.0 Å². The maximum atomic E-state index is 12.5. The van der Waals surface area contributed by atoms with Crippen molar-refractivity contribution in [1.29, 1.82) is 0 Å². The molecule has 2 heterocycles. The van der Waals surface area contributed by atoms with Crippen LogP contribution in [0.15, 0.2) is 41.6 Å². The highest BCUT2D eigenvalue weighted by Gasteiger charge is 2.21. The SMILES string of the molecule is Cc1ccc(NCc2nnc(SCC(=O)Nc3ccc(Cl)c(Cl)c3)n2CC2CCCO2)c(C)c1. The van der Waals surface area contributed by atoms with Gasteiger partial charge in [-0.25, -0.2) is 0 Å². The average Bonchev–Trinajstić information content (AvgIpc) is 3.45. The zero-order valence-electron chi connectivity index (χ0n) is 19.1. The van der Waals surface area contributed by atoms with E-state index in [0.717, 1.165) is 31.0 Å². The van der Waals surface area contributed by atoms with Crippen LogP contribution < -0.4 is 10.6 Å². The third-order valence-electron chi connectivity index (χ3n) is 5.56. The Balaban J connectivity index is 1.43. The first-order valence-corrected chi connectivity index (χ1v) is 12.9. The summed E-state index contributed by atoms with van der Waals surface area (Å²) in [7, 11) is 0. The lowest BCUT2D eigenvalue weighted by atomic mass is 10.1. The molecule has 2 N–H and O–H groups in total. The highest BCUT2D eigenvalue weighted by atomic mass is 35.5. The highest BCUT2D eigenvalue weighted by Crippen LogP contribution is 2.26. The normalized spacial score (nSPS) is 15.5. The number of hydrogen-bond donors (Lipinski definition) is 2. The van der Waals surface area contributed by atoms with Gasteiger partial charge in [-0.2, -0.15) is 0 Å². The predicted octanol–water partition coefficient (Wildman–Crippen LogP) is 5.72. The fraction of sp³-hybridized carbons (Fsp3) is 0.375. The fourth-order valence-electron chi connectivity index (χ4n) is 3.82. The molecule has 10 heteroatoms. The first-order valence-electron chi connectivity index (χ1n) is 11.1. The lowest BCUT2D eigenvalue weighted by Gasteiger charge is -2.16. The summed E-state index contributed by atoms with van der Waals surface area (Å²) in [5.74, 6) is 0.835. The van der Waals surface area contributed by atoms with Crippen LogP contribution in [0.1, 0.15) is 29.8 Å². The minimum Gasteiger partial charge on any atom is -0.378 e. The number of halogens is 2. The zero-order chi connectivity index (χ0) is 24.1. The van der Waals surface area contributed by atoms with E-state index < -0.39 is 0 Å². The Morgan fingerprint density at radius 2 is 2.03 bits per heavy atom. The monoisotopic (exact) mass is 519 g/mol. The topological polar surface area (TPSA) is 81.1 Å². The molecule has 1 aromatic heterocycles. The average molecular weight is 520 g/mol. The summed E-state index contributed by atoms with van der Waals surface area (Å²) in [6.45, 7) is 6.13. The van der Waals surface area contributed by atoms with Crippen LogP contribution in [0.5, 0.6) is 0 Å². The van der Waals surface area contributed by atoms with E-state index >= 15 is 0 Å². The number of carbonyl (C=O) groups excluding carboxylic acids is 1. The number of aromatic nitrogens is 3. The fourth-order valence-corrected chi connectivity index (χ4v) is 4.88. The Morgan fingerprint density at radius 3 is 2.76 bits per heavy atom. The Morgan fingerprint density at radius 1 is 1.18 bits per heavy atom. The van der Waals surface area contributed by atoms with Crippen LogP contribution in [-0.2, 0) is 22.6 Å². The predicted molar refractivity (Wildman–Crippen MR) is 138 cm³/mol. The van der Waals surface area contributed by atoms with Crippen LogP contribution in [0.25, 0.3) is 0 Å². The molecule has 3 aromatic rings. The number of nitrogens with one attached hydrogen (secondary N) is 2. The number of nitrogens with zero attached hydrogens (tertiary/aromatic N) is 3. The highest BCUT2D eigenvalue weighted by molar-refractivity contribution is 7.99. The summed E-state index contributed by atoms with van der Waals surface area (Å²) >= 11 is 13.3. The summed E-state index contributed by atoms with van der Waals surface area (Å²) in [6, 6.07) is 11.3. The molecule has 1 saturated heterocycles. The van der Waals surface area contributed by atoms with Gasteiger partial charge in [0.2, 0.25) is 5.91 Å². The smallest absolute Gasteiger partial charge is 0.234 e. The maximum Gasteiger partial charge on any atom is 0.234 e. The van der Waals surface area contributed by atoms with Crippen LogP contribution in [0.2, 0.25) is 10.0 Å². The number of thioether (sulfide) groups is 1. The summed E-state index contributed by atoms with van der Waals surface area (Å²) in [5.41, 5.74) is 4.06. The van der Waals surface area contributed by atoms with E-state index in [-0.39, 0.29) is 17.8 Å². The summed E-state index contributed by atoms with van der Waals surface area (Å²) in [6.07, 6.45) is 2.18. The van der Waals surface area contributed by atoms with Crippen LogP contribution in [0, 0.1) is 13.8 Å². The number of benzene rings is 2. The zero-order valence-corrected chi connectivity index (χ0v) is 21.4. The van der Waals surface area contributed by atoms with Crippen LogP contribution in [-0.4, -0.2) is 39.1 Å². The van der Waals surface area contributed by atoms with E-state index in [1.54, 1.807) is 18.2 Å². The molecular formula is C24H27Cl2N5O2S. The first-order chi connectivity index (χ1) is 16.4. The number of hydrogen-bond acceptors (Lipinski definition) is 6. The molecule has 4 rings (SSSR count). The standard InChI is InChI=1S/C24H27Cl2N5O2S/c1-15-5-8-21(16(2)10-15)27-12-22-29-30-24(31(22)13-18-4-3-9-33-18)34-14-23(32)28-17-6-7-19(25)20(26)11-17/h5-8,10-11,18,27H,3-4,9,12-14H2,1-2H3,(H,28,32). The van der Waals surface area contributed by atoms with Gasteiger partial charge in [-0.1, -0.05) is 52.7 Å². The number of amides is 1. The summed E-state index contributed by atoms with van der Waals surface area (Å²) in [4.78, 5) is 12.5.